The molecule has 1 amide bonds. The van der Waals surface area contributed by atoms with Crippen molar-refractivity contribution in [2.75, 3.05) is 14.2 Å². The minimum absolute atomic E-state index is 0.0314. The summed E-state index contributed by atoms with van der Waals surface area (Å²) < 4.78 is 15.8. The molecule has 1 aromatic heterocycles. The number of hydrogen-bond donors (Lipinski definition) is 1. The van der Waals surface area contributed by atoms with Crippen molar-refractivity contribution in [3.63, 3.8) is 0 Å². The van der Waals surface area contributed by atoms with E-state index in [1.165, 1.54) is 24.3 Å². The van der Waals surface area contributed by atoms with Gasteiger partial charge >= 0.3 is 0 Å². The van der Waals surface area contributed by atoms with Crippen molar-refractivity contribution >= 4 is 29.1 Å². The maximum atomic E-state index is 13.1. The van der Waals surface area contributed by atoms with Crippen LogP contribution in [0.4, 0.5) is 0 Å². The second kappa shape index (κ2) is 8.80. The van der Waals surface area contributed by atoms with E-state index >= 15 is 0 Å². The van der Waals surface area contributed by atoms with Gasteiger partial charge in [0.05, 0.1) is 43.7 Å². The molecule has 4 rings (SSSR count). The summed E-state index contributed by atoms with van der Waals surface area (Å²) in [4.78, 5) is 27.4. The Bertz CT molecular complexity index is 1180. The molecule has 7 nitrogen and oxygen atoms in total. The van der Waals surface area contributed by atoms with E-state index in [1.807, 2.05) is 0 Å². The van der Waals surface area contributed by atoms with Crippen molar-refractivity contribution in [1.82, 2.24) is 4.90 Å². The van der Waals surface area contributed by atoms with E-state index in [2.05, 4.69) is 0 Å². The van der Waals surface area contributed by atoms with Gasteiger partial charge in [0, 0.05) is 5.56 Å². The normalized spacial score (nSPS) is 17.6. The largest absolute Gasteiger partial charge is 0.507 e. The summed E-state index contributed by atoms with van der Waals surface area (Å²) in [5.41, 5.74) is 0.913. The average molecular weight is 454 g/mol. The Kier molecular flexibility index (Phi) is 5.92. The van der Waals surface area contributed by atoms with Crippen LogP contribution in [0, 0.1) is 0 Å². The van der Waals surface area contributed by atoms with Crippen LogP contribution in [0.25, 0.3) is 5.76 Å². The SMILES string of the molecule is COc1ccc(C2/C(=C(/O)c3ccc(Cl)c(OC)c3)C(=O)C(=O)N2Cc2ccco2)cc1. The topological polar surface area (TPSA) is 89.2 Å². The number of aliphatic hydroxyl groups is 1. The van der Waals surface area contributed by atoms with Crippen LogP contribution in [0.1, 0.15) is 22.9 Å². The zero-order chi connectivity index (χ0) is 22.8. The lowest BCUT2D eigenvalue weighted by molar-refractivity contribution is -0.140. The number of halogens is 1. The van der Waals surface area contributed by atoms with E-state index in [-0.39, 0.29) is 17.9 Å². The molecule has 1 fully saturated rings. The first-order chi connectivity index (χ1) is 15.4. The number of ketones is 1. The molecule has 1 unspecified atom stereocenters. The van der Waals surface area contributed by atoms with Crippen LogP contribution in [0.15, 0.2) is 70.9 Å². The number of hydrogen-bond acceptors (Lipinski definition) is 6. The predicted octanol–water partition coefficient (Wildman–Crippen LogP) is 4.57. The van der Waals surface area contributed by atoms with Crippen molar-refractivity contribution in [2.24, 2.45) is 0 Å². The van der Waals surface area contributed by atoms with E-state index in [9.17, 15) is 14.7 Å². The highest BCUT2D eigenvalue weighted by molar-refractivity contribution is 6.46. The van der Waals surface area contributed by atoms with Gasteiger partial charge in [0.1, 0.15) is 23.0 Å². The number of furan rings is 1. The fourth-order valence-corrected chi connectivity index (χ4v) is 3.90. The lowest BCUT2D eigenvalue weighted by Gasteiger charge is -2.24. The maximum Gasteiger partial charge on any atom is 0.296 e. The first-order valence-electron chi connectivity index (χ1n) is 9.73. The summed E-state index contributed by atoms with van der Waals surface area (Å²) in [6.07, 6.45) is 1.49. The van der Waals surface area contributed by atoms with Gasteiger partial charge in [0.2, 0.25) is 0 Å². The second-order valence-electron chi connectivity index (χ2n) is 7.13. The average Bonchev–Trinajstić information content (AvgIpc) is 3.41. The van der Waals surface area contributed by atoms with Gasteiger partial charge in [-0.1, -0.05) is 23.7 Å². The number of methoxy groups -OCH3 is 2. The zero-order valence-electron chi connectivity index (χ0n) is 17.4. The van der Waals surface area contributed by atoms with Gasteiger partial charge in [0.15, 0.2) is 0 Å². The number of nitrogens with zero attached hydrogens (tertiary/aromatic N) is 1. The lowest BCUT2D eigenvalue weighted by atomic mass is 9.95. The Morgan fingerprint density at radius 3 is 2.47 bits per heavy atom. The van der Waals surface area contributed by atoms with Gasteiger partial charge in [-0.3, -0.25) is 9.59 Å². The quantitative estimate of drug-likeness (QED) is 0.334. The van der Waals surface area contributed by atoms with E-state index in [1.54, 1.807) is 55.6 Å². The molecule has 1 atom stereocenters. The molecular formula is C24H20ClNO6. The molecule has 1 saturated heterocycles. The van der Waals surface area contributed by atoms with Crippen molar-refractivity contribution in [1.29, 1.82) is 0 Å². The van der Waals surface area contributed by atoms with Gasteiger partial charge in [-0.2, -0.15) is 0 Å². The minimum Gasteiger partial charge on any atom is -0.507 e. The summed E-state index contributed by atoms with van der Waals surface area (Å²) in [6, 6.07) is 14.2. The third-order valence-corrected chi connectivity index (χ3v) is 5.61. The smallest absolute Gasteiger partial charge is 0.296 e. The number of likely N-dealkylation sites (tertiary alicyclic amines) is 1. The number of aliphatic hydroxyl groups excluding tert-OH is 1. The van der Waals surface area contributed by atoms with Crippen molar-refractivity contribution in [3.8, 4) is 11.5 Å². The number of amides is 1. The van der Waals surface area contributed by atoms with Crippen LogP contribution in [0.3, 0.4) is 0 Å². The molecule has 1 aliphatic rings. The third kappa shape index (κ3) is 3.83. The highest BCUT2D eigenvalue weighted by Gasteiger charge is 2.46. The molecule has 1 aliphatic heterocycles. The summed E-state index contributed by atoms with van der Waals surface area (Å²) >= 11 is 6.09. The molecular weight excluding hydrogens is 434 g/mol. The Balaban J connectivity index is 1.86. The fraction of sp³-hybridized carbons (Fsp3) is 0.167. The lowest BCUT2D eigenvalue weighted by Crippen LogP contribution is -2.29. The second-order valence-corrected chi connectivity index (χ2v) is 7.54. The zero-order valence-corrected chi connectivity index (χ0v) is 18.1. The van der Waals surface area contributed by atoms with E-state index in [0.717, 1.165) is 0 Å². The highest BCUT2D eigenvalue weighted by atomic mass is 35.5. The standard InChI is InChI=1S/C24H20ClNO6/c1-30-16-8-5-14(6-9-16)21-20(22(27)15-7-10-18(25)19(12-15)31-2)23(28)24(29)26(21)13-17-4-3-11-32-17/h3-12,21,27H,13H2,1-2H3/b22-20-. The van der Waals surface area contributed by atoms with Crippen LogP contribution in [-0.4, -0.2) is 35.9 Å². The molecule has 164 valence electrons. The third-order valence-electron chi connectivity index (χ3n) is 5.30. The fourth-order valence-electron chi connectivity index (χ4n) is 3.71. The number of carbonyl (C=O) groups is 2. The number of Topliss-reactive ketones (excluding diaryl/α,β-unsaturated/α-hetero) is 1. The number of ether oxygens (including phenoxy) is 2. The van der Waals surface area contributed by atoms with Crippen LogP contribution in [0.5, 0.6) is 11.5 Å². The van der Waals surface area contributed by atoms with Gasteiger partial charge in [-0.15, -0.1) is 0 Å². The summed E-state index contributed by atoms with van der Waals surface area (Å²) in [5, 5.41) is 11.5. The van der Waals surface area contributed by atoms with Gasteiger partial charge in [-0.05, 0) is 48.0 Å². The molecule has 2 heterocycles. The van der Waals surface area contributed by atoms with Gasteiger partial charge in [-0.25, -0.2) is 0 Å². The van der Waals surface area contributed by atoms with E-state index in [4.69, 9.17) is 25.5 Å². The first-order valence-corrected chi connectivity index (χ1v) is 10.1. The molecule has 1 N–H and O–H groups in total. The van der Waals surface area contributed by atoms with Gasteiger partial charge in [0.25, 0.3) is 11.7 Å². The molecule has 8 heteroatoms. The summed E-state index contributed by atoms with van der Waals surface area (Å²) in [7, 11) is 3.00. The maximum absolute atomic E-state index is 13.1. The number of carbonyl (C=O) groups excluding carboxylic acids is 2. The van der Waals surface area contributed by atoms with Crippen molar-refractivity contribution in [2.45, 2.75) is 12.6 Å². The molecule has 0 saturated carbocycles. The predicted molar refractivity (Wildman–Crippen MR) is 118 cm³/mol. The Morgan fingerprint density at radius 1 is 1.09 bits per heavy atom. The summed E-state index contributed by atoms with van der Waals surface area (Å²) in [5.74, 6) is -0.367. The molecule has 0 radical (unpaired) electrons. The van der Waals surface area contributed by atoms with Crippen LogP contribution in [0.2, 0.25) is 5.02 Å². The Hall–Kier alpha value is -3.71. The van der Waals surface area contributed by atoms with Crippen LogP contribution in [-0.2, 0) is 16.1 Å². The molecule has 0 bridgehead atoms. The Labute approximate surface area is 189 Å². The molecule has 0 aliphatic carbocycles. The summed E-state index contributed by atoms with van der Waals surface area (Å²) in [6.45, 7) is 0.0645. The molecule has 3 aromatic rings. The van der Waals surface area contributed by atoms with E-state index < -0.39 is 17.7 Å². The van der Waals surface area contributed by atoms with Crippen LogP contribution >= 0.6 is 11.6 Å². The van der Waals surface area contributed by atoms with Gasteiger partial charge < -0.3 is 23.9 Å². The minimum atomic E-state index is -0.826. The first kappa shape index (κ1) is 21.5. The van der Waals surface area contributed by atoms with E-state index in [0.29, 0.717) is 33.4 Å². The van der Waals surface area contributed by atoms with Crippen LogP contribution < -0.4 is 9.47 Å². The Morgan fingerprint density at radius 2 is 1.84 bits per heavy atom. The number of rotatable bonds is 6. The monoisotopic (exact) mass is 453 g/mol. The molecule has 0 spiro atoms. The molecule has 2 aromatic carbocycles. The van der Waals surface area contributed by atoms with Crippen molar-refractivity contribution in [3.05, 3.63) is 88.3 Å². The highest BCUT2D eigenvalue weighted by Crippen LogP contribution is 2.41. The number of benzene rings is 2. The molecule has 32 heavy (non-hydrogen) atoms. The van der Waals surface area contributed by atoms with Crippen molar-refractivity contribution < 1.29 is 28.6 Å².